The first-order valence-corrected chi connectivity index (χ1v) is 15.3. The molecule has 0 N–H and O–H groups in total. The van der Waals surface area contributed by atoms with E-state index < -0.39 is 0 Å². The normalized spacial score (nSPS) is 12.7. The molecule has 0 atom stereocenters. The monoisotopic (exact) mass is 772 g/mol. The van der Waals surface area contributed by atoms with Crippen molar-refractivity contribution in [1.29, 1.82) is 0 Å². The first-order chi connectivity index (χ1) is 22.4. The molecule has 0 amide bonds. The largest absolute Gasteiger partial charge is 0.493 e. The van der Waals surface area contributed by atoms with Crippen LogP contribution in [0.25, 0.3) is 22.5 Å². The number of piperidine rings is 1. The number of nitrogens with zero attached hydrogens (tertiary/aromatic N) is 4. The van der Waals surface area contributed by atoms with E-state index in [1.165, 1.54) is 11.1 Å². The summed E-state index contributed by atoms with van der Waals surface area (Å²) in [6.45, 7) is 3.78. The van der Waals surface area contributed by atoms with Crippen molar-refractivity contribution in [3.8, 4) is 57.0 Å². The Balaban J connectivity index is 0.00000312. The van der Waals surface area contributed by atoms with Crippen LogP contribution in [0.1, 0.15) is 24.0 Å². The molecular weight excluding hydrogens is 726 g/mol. The lowest BCUT2D eigenvalue weighted by atomic mass is 10.0. The predicted molar refractivity (Wildman–Crippen MR) is 207 cm³/mol. The van der Waals surface area contributed by atoms with Crippen LogP contribution in [0.5, 0.6) is 34.5 Å². The van der Waals surface area contributed by atoms with E-state index in [9.17, 15) is 0 Å². The number of pyridine rings is 2. The topological polar surface area (TPSA) is 87.6 Å². The summed E-state index contributed by atoms with van der Waals surface area (Å²) in [6, 6.07) is 16.7. The van der Waals surface area contributed by atoms with Crippen LogP contribution >= 0.6 is 49.6 Å². The Morgan fingerprint density at radius 1 is 0.600 bits per heavy atom. The quantitative estimate of drug-likeness (QED) is 0.135. The third-order valence-electron chi connectivity index (χ3n) is 8.59. The summed E-state index contributed by atoms with van der Waals surface area (Å²) >= 11 is 0. The summed E-state index contributed by atoms with van der Waals surface area (Å²) in [5.41, 5.74) is 6.00. The van der Waals surface area contributed by atoms with Crippen molar-refractivity contribution in [2.24, 2.45) is 0 Å². The molecule has 2 aromatic heterocycles. The Bertz CT molecular complexity index is 1590. The number of rotatable bonds is 13. The Kier molecular flexibility index (Phi) is 18.8. The fourth-order valence-electron chi connectivity index (χ4n) is 6.11. The molecule has 276 valence electrons. The molecule has 14 heteroatoms. The van der Waals surface area contributed by atoms with Gasteiger partial charge in [0.2, 0.25) is 11.5 Å². The van der Waals surface area contributed by atoms with E-state index >= 15 is 0 Å². The molecule has 0 radical (unpaired) electrons. The molecule has 50 heavy (non-hydrogen) atoms. The molecule has 2 aromatic carbocycles. The SMILES string of the molecule is COc1cc(-c2cc(CN3CCC(N(C)Cc4ccnc(-c5cc(OC)c(OC)c(OC)c5)c4)CC3)ccn2)cc(OC)c1OC.Cl.Cl.Cl.Cl. The van der Waals surface area contributed by atoms with Gasteiger partial charge < -0.3 is 28.4 Å². The van der Waals surface area contributed by atoms with Crippen molar-refractivity contribution in [3.05, 3.63) is 72.1 Å². The van der Waals surface area contributed by atoms with E-state index in [4.69, 9.17) is 28.4 Å². The van der Waals surface area contributed by atoms with E-state index in [0.717, 1.165) is 61.5 Å². The highest BCUT2D eigenvalue weighted by Gasteiger charge is 2.23. The molecule has 0 bridgehead atoms. The Labute approximate surface area is 320 Å². The van der Waals surface area contributed by atoms with Gasteiger partial charge in [0.15, 0.2) is 23.0 Å². The molecule has 1 saturated heterocycles. The van der Waals surface area contributed by atoms with E-state index in [2.05, 4.69) is 51.1 Å². The number of hydrogen-bond donors (Lipinski definition) is 0. The molecule has 0 unspecified atom stereocenters. The standard InChI is InChI=1S/C36H44N4O6.4ClH/c1-39(22-24-8-12-37-29(16-24)26-18-31(41-2)35(45-6)32(19-26)42-3)28-10-14-40(15-11-28)23-25-9-13-38-30(17-25)27-20-33(43-4)36(46-7)34(21-27)44-5;;;;/h8-9,12-13,16-21,28H,10-11,14-15,22-23H2,1-7H3;4*1H. The minimum atomic E-state index is 0. The van der Waals surface area contributed by atoms with Crippen LogP contribution in [-0.4, -0.2) is 88.6 Å². The van der Waals surface area contributed by atoms with Crippen molar-refractivity contribution >= 4 is 49.6 Å². The second-order valence-electron chi connectivity index (χ2n) is 11.3. The molecule has 1 aliphatic rings. The van der Waals surface area contributed by atoms with E-state index in [1.54, 1.807) is 42.7 Å². The zero-order valence-electron chi connectivity index (χ0n) is 29.5. The molecule has 4 aromatic rings. The molecule has 1 fully saturated rings. The van der Waals surface area contributed by atoms with Gasteiger partial charge in [-0.1, -0.05) is 0 Å². The summed E-state index contributed by atoms with van der Waals surface area (Å²) < 4.78 is 33.2. The lowest BCUT2D eigenvalue weighted by molar-refractivity contribution is 0.119. The number of hydrogen-bond acceptors (Lipinski definition) is 10. The first kappa shape index (κ1) is 44.6. The average molecular weight is 775 g/mol. The van der Waals surface area contributed by atoms with Gasteiger partial charge in [-0.05, 0) is 92.6 Å². The van der Waals surface area contributed by atoms with Crippen molar-refractivity contribution in [2.75, 3.05) is 62.8 Å². The maximum absolute atomic E-state index is 5.55. The number of methoxy groups -OCH3 is 6. The number of benzene rings is 2. The molecule has 0 spiro atoms. The highest BCUT2D eigenvalue weighted by molar-refractivity contribution is 5.86. The summed E-state index contributed by atoms with van der Waals surface area (Å²) in [5, 5.41) is 0. The van der Waals surface area contributed by atoms with Crippen molar-refractivity contribution in [3.63, 3.8) is 0 Å². The fraction of sp³-hybridized carbons (Fsp3) is 0.389. The maximum Gasteiger partial charge on any atom is 0.203 e. The van der Waals surface area contributed by atoms with Crippen LogP contribution in [-0.2, 0) is 13.1 Å². The second-order valence-corrected chi connectivity index (χ2v) is 11.3. The minimum absolute atomic E-state index is 0. The smallest absolute Gasteiger partial charge is 0.203 e. The summed E-state index contributed by atoms with van der Waals surface area (Å²) in [7, 11) is 11.9. The number of halogens is 4. The molecule has 0 aliphatic carbocycles. The lowest BCUT2D eigenvalue weighted by Crippen LogP contribution is -2.42. The Morgan fingerprint density at radius 2 is 1.00 bits per heavy atom. The van der Waals surface area contributed by atoms with E-state index in [1.807, 2.05) is 36.7 Å². The van der Waals surface area contributed by atoms with Crippen LogP contribution < -0.4 is 28.4 Å². The fourth-order valence-corrected chi connectivity index (χ4v) is 6.11. The van der Waals surface area contributed by atoms with Crippen molar-refractivity contribution in [2.45, 2.75) is 32.0 Å². The number of aromatic nitrogens is 2. The average Bonchev–Trinajstić information content (AvgIpc) is 3.10. The predicted octanol–water partition coefficient (Wildman–Crippen LogP) is 7.65. The first-order valence-electron chi connectivity index (χ1n) is 15.3. The van der Waals surface area contributed by atoms with Gasteiger partial charge >= 0.3 is 0 Å². The lowest BCUT2D eigenvalue weighted by Gasteiger charge is -2.37. The van der Waals surface area contributed by atoms with Gasteiger partial charge in [-0.25, -0.2) is 0 Å². The third kappa shape index (κ3) is 10.3. The Morgan fingerprint density at radius 3 is 1.40 bits per heavy atom. The molecular formula is C36H48Cl4N4O6. The minimum Gasteiger partial charge on any atom is -0.493 e. The molecule has 10 nitrogen and oxygen atoms in total. The summed E-state index contributed by atoms with van der Waals surface area (Å²) in [4.78, 5) is 14.3. The van der Waals surface area contributed by atoms with Gasteiger partial charge in [-0.3, -0.25) is 19.8 Å². The summed E-state index contributed by atoms with van der Waals surface area (Å²) in [5.74, 6) is 3.58. The molecule has 1 aliphatic heterocycles. The van der Waals surface area contributed by atoms with Crippen molar-refractivity contribution < 1.29 is 28.4 Å². The number of likely N-dealkylation sites (tertiary alicyclic amines) is 1. The summed E-state index contributed by atoms with van der Waals surface area (Å²) in [6.07, 6.45) is 5.94. The number of ether oxygens (including phenoxy) is 6. The van der Waals surface area contributed by atoms with Gasteiger partial charge in [0, 0.05) is 42.7 Å². The molecule has 3 heterocycles. The van der Waals surface area contributed by atoms with Gasteiger partial charge in [0.05, 0.1) is 54.0 Å². The third-order valence-corrected chi connectivity index (χ3v) is 8.59. The van der Waals surface area contributed by atoms with Gasteiger partial charge in [-0.15, -0.1) is 49.6 Å². The van der Waals surface area contributed by atoms with Gasteiger partial charge in [0.1, 0.15) is 0 Å². The molecule has 5 rings (SSSR count). The van der Waals surface area contributed by atoms with E-state index in [-0.39, 0.29) is 49.6 Å². The van der Waals surface area contributed by atoms with Gasteiger partial charge in [0.25, 0.3) is 0 Å². The second kappa shape index (κ2) is 21.1. The van der Waals surface area contributed by atoms with Crippen molar-refractivity contribution in [1.82, 2.24) is 19.8 Å². The van der Waals surface area contributed by atoms with Crippen LogP contribution in [0.15, 0.2) is 60.9 Å². The van der Waals surface area contributed by atoms with Crippen LogP contribution in [0.2, 0.25) is 0 Å². The van der Waals surface area contributed by atoms with E-state index in [0.29, 0.717) is 40.5 Å². The highest BCUT2D eigenvalue weighted by Crippen LogP contribution is 2.42. The van der Waals surface area contributed by atoms with Crippen LogP contribution in [0.3, 0.4) is 0 Å². The van der Waals surface area contributed by atoms with Crippen LogP contribution in [0.4, 0.5) is 0 Å². The maximum atomic E-state index is 5.55. The van der Waals surface area contributed by atoms with Crippen LogP contribution in [0, 0.1) is 0 Å². The molecule has 0 saturated carbocycles. The highest BCUT2D eigenvalue weighted by atomic mass is 35.5. The zero-order chi connectivity index (χ0) is 32.6. The Hall–Kier alpha value is -3.38. The van der Waals surface area contributed by atoms with Gasteiger partial charge in [-0.2, -0.15) is 0 Å². The zero-order valence-corrected chi connectivity index (χ0v) is 32.7.